The molecule has 0 aliphatic heterocycles. The molecule has 0 fully saturated rings. The van der Waals surface area contributed by atoms with Crippen LogP contribution < -0.4 is 0 Å². The van der Waals surface area contributed by atoms with Gasteiger partial charge in [-0.05, 0) is 63.8 Å². The van der Waals surface area contributed by atoms with Crippen LogP contribution in [0.4, 0.5) is 13.2 Å². The fourth-order valence-corrected chi connectivity index (χ4v) is 3.22. The topological polar surface area (TPSA) is 38.1 Å². The zero-order chi connectivity index (χ0) is 19.1. The summed E-state index contributed by atoms with van der Waals surface area (Å²) in [5.41, 5.74) is 1.20. The molecule has 2 aromatic rings. The van der Waals surface area contributed by atoms with E-state index in [0.717, 1.165) is 12.8 Å². The smallest absolute Gasteiger partial charge is 0.339 e. The molecule has 1 amide bonds. The van der Waals surface area contributed by atoms with Crippen molar-refractivity contribution in [1.29, 1.82) is 0 Å². The van der Waals surface area contributed by atoms with Gasteiger partial charge in [0.2, 0.25) is 0 Å². The average molecular weight is 365 g/mol. The lowest BCUT2D eigenvalue weighted by atomic mass is 9.95. The second kappa shape index (κ2) is 6.78. The number of benzene rings is 1. The number of halogens is 3. The Hall–Kier alpha value is -2.31. The minimum absolute atomic E-state index is 0.0645. The Morgan fingerprint density at radius 3 is 2.35 bits per heavy atom. The third-order valence-corrected chi connectivity index (χ3v) is 4.90. The van der Waals surface area contributed by atoms with Crippen molar-refractivity contribution >= 4 is 5.91 Å². The molecule has 0 radical (unpaired) electrons. The molecule has 0 bridgehead atoms. The normalized spacial score (nSPS) is 14.4. The van der Waals surface area contributed by atoms with Crippen LogP contribution in [0.1, 0.15) is 54.0 Å². The van der Waals surface area contributed by atoms with Gasteiger partial charge >= 0.3 is 6.18 Å². The highest BCUT2D eigenvalue weighted by molar-refractivity contribution is 5.94. The summed E-state index contributed by atoms with van der Waals surface area (Å²) in [6, 6.07) is 6.66. The number of nitrogens with zero attached hydrogens (tertiary/aromatic N) is 3. The van der Waals surface area contributed by atoms with Gasteiger partial charge in [-0.3, -0.25) is 4.79 Å². The lowest BCUT2D eigenvalue weighted by Crippen LogP contribution is -2.32. The van der Waals surface area contributed by atoms with E-state index in [1.54, 1.807) is 36.2 Å². The second-order valence-electron chi connectivity index (χ2n) is 6.95. The molecule has 7 heteroatoms. The van der Waals surface area contributed by atoms with E-state index >= 15 is 0 Å². The summed E-state index contributed by atoms with van der Waals surface area (Å²) in [5, 5.41) is 3.87. The van der Waals surface area contributed by atoms with Crippen LogP contribution in [0, 0.1) is 0 Å². The average Bonchev–Trinajstić information content (AvgIpc) is 3.00. The van der Waals surface area contributed by atoms with Crippen molar-refractivity contribution in [2.75, 3.05) is 7.05 Å². The van der Waals surface area contributed by atoms with Gasteiger partial charge in [0.05, 0.1) is 5.69 Å². The van der Waals surface area contributed by atoms with Gasteiger partial charge in [0.15, 0.2) is 5.69 Å². The number of carbonyl (C=O) groups excluding carboxylic acids is 1. The Morgan fingerprint density at radius 2 is 1.77 bits per heavy atom. The van der Waals surface area contributed by atoms with E-state index in [2.05, 4.69) is 5.10 Å². The van der Waals surface area contributed by atoms with Crippen LogP contribution in [0.5, 0.6) is 0 Å². The van der Waals surface area contributed by atoms with Crippen molar-refractivity contribution in [3.8, 4) is 5.69 Å². The standard InChI is InChI=1S/C19H22F3N3O/c1-12(2)24(3)18(26)13-8-10-14(11-9-13)25-16-7-5-4-6-15(16)17(23-25)19(20,21)22/h8-12H,4-7H2,1-3H3. The van der Waals surface area contributed by atoms with Crippen molar-refractivity contribution < 1.29 is 18.0 Å². The first-order valence-electron chi connectivity index (χ1n) is 8.75. The lowest BCUT2D eigenvalue weighted by Gasteiger charge is -2.21. The molecular formula is C19H22F3N3O. The van der Waals surface area contributed by atoms with Gasteiger partial charge in [-0.2, -0.15) is 18.3 Å². The Balaban J connectivity index is 1.98. The third-order valence-electron chi connectivity index (χ3n) is 4.90. The molecule has 1 aromatic heterocycles. The number of carbonyl (C=O) groups is 1. The SMILES string of the molecule is CC(C)N(C)C(=O)c1ccc(-n2nc(C(F)(F)F)c3c2CCCC3)cc1. The largest absolute Gasteiger partial charge is 0.435 e. The number of aromatic nitrogens is 2. The molecule has 3 rings (SSSR count). The number of fused-ring (bicyclic) bond motifs is 1. The van der Waals surface area contributed by atoms with Gasteiger partial charge in [-0.15, -0.1) is 0 Å². The summed E-state index contributed by atoms with van der Waals surface area (Å²) in [6.45, 7) is 3.84. The molecule has 140 valence electrons. The van der Waals surface area contributed by atoms with Crippen LogP contribution in [0.15, 0.2) is 24.3 Å². The van der Waals surface area contributed by atoms with E-state index in [1.807, 2.05) is 13.8 Å². The summed E-state index contributed by atoms with van der Waals surface area (Å²) in [4.78, 5) is 14.0. The van der Waals surface area contributed by atoms with Gasteiger partial charge in [-0.1, -0.05) is 0 Å². The molecule has 0 saturated heterocycles. The molecular weight excluding hydrogens is 343 g/mol. The number of rotatable bonds is 3. The molecule has 0 N–H and O–H groups in total. The molecule has 1 aromatic carbocycles. The molecule has 1 heterocycles. The molecule has 1 aliphatic carbocycles. The monoisotopic (exact) mass is 365 g/mol. The van der Waals surface area contributed by atoms with Gasteiger partial charge in [0.25, 0.3) is 5.91 Å². The Labute approximate surface area is 150 Å². The first-order chi connectivity index (χ1) is 12.2. The minimum Gasteiger partial charge on any atom is -0.339 e. The highest BCUT2D eigenvalue weighted by Crippen LogP contribution is 2.36. The van der Waals surface area contributed by atoms with Crippen LogP contribution in [-0.4, -0.2) is 33.7 Å². The number of alkyl halides is 3. The van der Waals surface area contributed by atoms with Crippen molar-refractivity contribution in [3.05, 3.63) is 46.8 Å². The van der Waals surface area contributed by atoms with E-state index in [4.69, 9.17) is 0 Å². The molecule has 0 unspecified atom stereocenters. The van der Waals surface area contributed by atoms with Gasteiger partial charge in [-0.25, -0.2) is 4.68 Å². The Bertz CT molecular complexity index is 807. The minimum atomic E-state index is -4.46. The first-order valence-corrected chi connectivity index (χ1v) is 8.75. The van der Waals surface area contributed by atoms with Gasteiger partial charge in [0, 0.05) is 29.9 Å². The predicted molar refractivity (Wildman–Crippen MR) is 92.4 cm³/mol. The molecule has 4 nitrogen and oxygen atoms in total. The maximum absolute atomic E-state index is 13.3. The molecule has 26 heavy (non-hydrogen) atoms. The second-order valence-corrected chi connectivity index (χ2v) is 6.95. The van der Waals surface area contributed by atoms with E-state index < -0.39 is 11.9 Å². The summed E-state index contributed by atoms with van der Waals surface area (Å²) < 4.78 is 41.3. The fourth-order valence-electron chi connectivity index (χ4n) is 3.22. The highest BCUT2D eigenvalue weighted by atomic mass is 19.4. The molecule has 0 spiro atoms. The maximum Gasteiger partial charge on any atom is 0.435 e. The van der Waals surface area contributed by atoms with E-state index in [1.165, 1.54) is 4.68 Å². The highest BCUT2D eigenvalue weighted by Gasteiger charge is 2.39. The van der Waals surface area contributed by atoms with Crippen LogP contribution >= 0.6 is 0 Å². The van der Waals surface area contributed by atoms with Crippen LogP contribution in [-0.2, 0) is 19.0 Å². The maximum atomic E-state index is 13.3. The van der Waals surface area contributed by atoms with Crippen molar-refractivity contribution in [1.82, 2.24) is 14.7 Å². The van der Waals surface area contributed by atoms with Crippen LogP contribution in [0.2, 0.25) is 0 Å². The van der Waals surface area contributed by atoms with Crippen LogP contribution in [0.3, 0.4) is 0 Å². The van der Waals surface area contributed by atoms with Gasteiger partial charge < -0.3 is 4.90 Å². The first kappa shape index (κ1) is 18.5. The van der Waals surface area contributed by atoms with Crippen molar-refractivity contribution in [2.24, 2.45) is 0 Å². The molecule has 1 aliphatic rings. The molecule has 0 atom stereocenters. The van der Waals surface area contributed by atoms with Crippen molar-refractivity contribution in [3.63, 3.8) is 0 Å². The molecule has 0 saturated carbocycles. The summed E-state index contributed by atoms with van der Waals surface area (Å²) >= 11 is 0. The van der Waals surface area contributed by atoms with E-state index in [-0.39, 0.29) is 11.9 Å². The zero-order valence-electron chi connectivity index (χ0n) is 15.1. The fraction of sp³-hybridized carbons (Fsp3) is 0.474. The number of amides is 1. The quantitative estimate of drug-likeness (QED) is 0.816. The third kappa shape index (κ3) is 3.34. The Kier molecular flexibility index (Phi) is 4.82. The number of hydrogen-bond donors (Lipinski definition) is 0. The van der Waals surface area contributed by atoms with Gasteiger partial charge in [0.1, 0.15) is 0 Å². The van der Waals surface area contributed by atoms with E-state index in [0.29, 0.717) is 35.3 Å². The summed E-state index contributed by atoms with van der Waals surface area (Å²) in [6.07, 6.45) is -1.87. The van der Waals surface area contributed by atoms with E-state index in [9.17, 15) is 18.0 Å². The Morgan fingerprint density at radius 1 is 1.15 bits per heavy atom. The summed E-state index contributed by atoms with van der Waals surface area (Å²) in [5.74, 6) is -0.120. The predicted octanol–water partition coefficient (Wildman–Crippen LogP) is 4.25. The van der Waals surface area contributed by atoms with Crippen molar-refractivity contribution in [2.45, 2.75) is 51.7 Å². The zero-order valence-corrected chi connectivity index (χ0v) is 15.1. The summed E-state index contributed by atoms with van der Waals surface area (Å²) in [7, 11) is 1.72. The van der Waals surface area contributed by atoms with Crippen LogP contribution in [0.25, 0.3) is 5.69 Å². The number of hydrogen-bond acceptors (Lipinski definition) is 2. The lowest BCUT2D eigenvalue weighted by molar-refractivity contribution is -0.142.